The quantitative estimate of drug-likeness (QED) is 0.799. The van der Waals surface area contributed by atoms with E-state index in [1.807, 2.05) is 42.7 Å². The largest absolute Gasteiger partial charge is 0.352 e. The van der Waals surface area contributed by atoms with Crippen LogP contribution in [0.15, 0.2) is 42.7 Å². The molecule has 1 aliphatic heterocycles. The molecule has 0 bridgehead atoms. The SMILES string of the molecule is CN1CCC(Nc2nc3cccnc3n2Cc2ccccn2)C1. The van der Waals surface area contributed by atoms with E-state index in [1.54, 1.807) is 0 Å². The van der Waals surface area contributed by atoms with Gasteiger partial charge in [-0.05, 0) is 44.3 Å². The lowest BCUT2D eigenvalue weighted by atomic mass is 10.3. The first-order valence-corrected chi connectivity index (χ1v) is 7.96. The van der Waals surface area contributed by atoms with E-state index >= 15 is 0 Å². The second kappa shape index (κ2) is 5.96. The highest BCUT2D eigenvalue weighted by Crippen LogP contribution is 2.21. The number of aromatic nitrogens is 4. The Labute approximate surface area is 135 Å². The maximum absolute atomic E-state index is 4.74. The molecular formula is C17H20N6. The van der Waals surface area contributed by atoms with Gasteiger partial charge >= 0.3 is 0 Å². The zero-order valence-corrected chi connectivity index (χ0v) is 13.2. The highest BCUT2D eigenvalue weighted by atomic mass is 15.3. The van der Waals surface area contributed by atoms with Gasteiger partial charge in [0, 0.05) is 25.0 Å². The lowest BCUT2D eigenvalue weighted by Crippen LogP contribution is -2.25. The molecule has 0 radical (unpaired) electrons. The average molecular weight is 308 g/mol. The van der Waals surface area contributed by atoms with Crippen LogP contribution in [0.5, 0.6) is 0 Å². The maximum Gasteiger partial charge on any atom is 0.205 e. The third-order valence-electron chi connectivity index (χ3n) is 4.27. The van der Waals surface area contributed by atoms with Gasteiger partial charge in [-0.15, -0.1) is 0 Å². The summed E-state index contributed by atoms with van der Waals surface area (Å²) >= 11 is 0. The Hall–Kier alpha value is -2.47. The molecule has 1 fully saturated rings. The van der Waals surface area contributed by atoms with Gasteiger partial charge in [0.25, 0.3) is 0 Å². The normalized spacial score (nSPS) is 18.6. The van der Waals surface area contributed by atoms with E-state index in [2.05, 4.69) is 31.8 Å². The summed E-state index contributed by atoms with van der Waals surface area (Å²) < 4.78 is 2.12. The molecule has 4 heterocycles. The highest BCUT2D eigenvalue weighted by Gasteiger charge is 2.22. The summed E-state index contributed by atoms with van der Waals surface area (Å²) in [6.45, 7) is 2.83. The summed E-state index contributed by atoms with van der Waals surface area (Å²) in [5, 5.41) is 3.59. The number of anilines is 1. The van der Waals surface area contributed by atoms with Crippen LogP contribution in [0.1, 0.15) is 12.1 Å². The van der Waals surface area contributed by atoms with Crippen LogP contribution in [-0.2, 0) is 6.54 Å². The van der Waals surface area contributed by atoms with Crippen LogP contribution in [0.2, 0.25) is 0 Å². The van der Waals surface area contributed by atoms with Gasteiger partial charge in [-0.1, -0.05) is 6.07 Å². The molecule has 0 aromatic carbocycles. The van der Waals surface area contributed by atoms with Crippen molar-refractivity contribution in [3.8, 4) is 0 Å². The van der Waals surface area contributed by atoms with Crippen molar-refractivity contribution < 1.29 is 0 Å². The molecule has 118 valence electrons. The zero-order valence-electron chi connectivity index (χ0n) is 13.2. The summed E-state index contributed by atoms with van der Waals surface area (Å²) in [4.78, 5) is 16.0. The minimum Gasteiger partial charge on any atom is -0.352 e. The van der Waals surface area contributed by atoms with Gasteiger partial charge in [0.15, 0.2) is 5.65 Å². The molecule has 0 aliphatic carbocycles. The van der Waals surface area contributed by atoms with Crippen LogP contribution < -0.4 is 5.32 Å². The number of likely N-dealkylation sites (tertiary alicyclic amines) is 1. The number of nitrogens with zero attached hydrogens (tertiary/aromatic N) is 5. The molecule has 0 saturated carbocycles. The monoisotopic (exact) mass is 308 g/mol. The van der Waals surface area contributed by atoms with Crippen molar-refractivity contribution in [2.75, 3.05) is 25.5 Å². The van der Waals surface area contributed by atoms with Gasteiger partial charge < -0.3 is 10.2 Å². The number of likely N-dealkylation sites (N-methyl/N-ethyl adjacent to an activating group) is 1. The number of hydrogen-bond acceptors (Lipinski definition) is 5. The average Bonchev–Trinajstić information content (AvgIpc) is 3.13. The first-order chi connectivity index (χ1) is 11.3. The number of pyridine rings is 2. The van der Waals surface area contributed by atoms with Crippen LogP contribution in [0, 0.1) is 0 Å². The Morgan fingerprint density at radius 2 is 2.09 bits per heavy atom. The summed E-state index contributed by atoms with van der Waals surface area (Å²) in [6.07, 6.45) is 4.77. The van der Waals surface area contributed by atoms with Crippen molar-refractivity contribution in [3.05, 3.63) is 48.4 Å². The van der Waals surface area contributed by atoms with E-state index < -0.39 is 0 Å². The molecule has 1 unspecified atom stereocenters. The fourth-order valence-electron chi connectivity index (χ4n) is 3.11. The number of hydrogen-bond donors (Lipinski definition) is 1. The summed E-state index contributed by atoms with van der Waals surface area (Å²) in [5.74, 6) is 0.879. The molecule has 0 spiro atoms. The Balaban J connectivity index is 1.69. The minimum absolute atomic E-state index is 0.430. The molecule has 6 heteroatoms. The third kappa shape index (κ3) is 2.90. The van der Waals surface area contributed by atoms with Gasteiger partial charge in [-0.3, -0.25) is 9.55 Å². The first-order valence-electron chi connectivity index (χ1n) is 7.96. The molecule has 1 aliphatic rings. The zero-order chi connectivity index (χ0) is 15.6. The molecule has 6 nitrogen and oxygen atoms in total. The molecule has 4 rings (SSSR count). The number of imidazole rings is 1. The molecule has 23 heavy (non-hydrogen) atoms. The molecule has 3 aromatic heterocycles. The highest BCUT2D eigenvalue weighted by molar-refractivity contribution is 5.74. The molecule has 1 saturated heterocycles. The molecule has 1 N–H and O–H groups in total. The van der Waals surface area contributed by atoms with Crippen LogP contribution >= 0.6 is 0 Å². The van der Waals surface area contributed by atoms with Crippen LogP contribution in [0.25, 0.3) is 11.2 Å². The van der Waals surface area contributed by atoms with E-state index in [0.29, 0.717) is 12.6 Å². The predicted molar refractivity (Wildman–Crippen MR) is 90.4 cm³/mol. The fraction of sp³-hybridized carbons (Fsp3) is 0.353. The summed E-state index contributed by atoms with van der Waals surface area (Å²) in [7, 11) is 2.15. The van der Waals surface area contributed by atoms with Gasteiger partial charge in [-0.2, -0.15) is 0 Å². The first kappa shape index (κ1) is 14.1. The minimum atomic E-state index is 0.430. The van der Waals surface area contributed by atoms with E-state index in [4.69, 9.17) is 4.98 Å². The smallest absolute Gasteiger partial charge is 0.205 e. The predicted octanol–water partition coefficient (Wildman–Crippen LogP) is 1.99. The van der Waals surface area contributed by atoms with Gasteiger partial charge in [0.1, 0.15) is 5.52 Å². The van der Waals surface area contributed by atoms with E-state index in [0.717, 1.165) is 42.3 Å². The van der Waals surface area contributed by atoms with Gasteiger partial charge in [-0.25, -0.2) is 9.97 Å². The Morgan fingerprint density at radius 3 is 2.87 bits per heavy atom. The second-order valence-corrected chi connectivity index (χ2v) is 6.08. The standard InChI is InChI=1S/C17H20N6/c1-22-10-7-14(11-22)20-17-21-15-6-4-9-19-16(15)23(17)12-13-5-2-3-8-18-13/h2-6,8-9,14H,7,10-12H2,1H3,(H,20,21). The van der Waals surface area contributed by atoms with E-state index in [1.165, 1.54) is 0 Å². The summed E-state index contributed by atoms with van der Waals surface area (Å²) in [6, 6.07) is 10.3. The van der Waals surface area contributed by atoms with Crippen molar-refractivity contribution in [1.29, 1.82) is 0 Å². The number of nitrogens with one attached hydrogen (secondary N) is 1. The van der Waals surface area contributed by atoms with Crippen molar-refractivity contribution in [2.24, 2.45) is 0 Å². The van der Waals surface area contributed by atoms with Crippen LogP contribution in [0.3, 0.4) is 0 Å². The number of rotatable bonds is 4. The number of fused-ring (bicyclic) bond motifs is 1. The summed E-state index contributed by atoms with van der Waals surface area (Å²) in [5.41, 5.74) is 2.81. The van der Waals surface area contributed by atoms with Crippen LogP contribution in [-0.4, -0.2) is 50.6 Å². The molecule has 0 amide bonds. The van der Waals surface area contributed by atoms with E-state index in [-0.39, 0.29) is 0 Å². The van der Waals surface area contributed by atoms with Crippen molar-refractivity contribution in [1.82, 2.24) is 24.4 Å². The Morgan fingerprint density at radius 1 is 1.17 bits per heavy atom. The van der Waals surface area contributed by atoms with E-state index in [9.17, 15) is 0 Å². The lowest BCUT2D eigenvalue weighted by molar-refractivity contribution is 0.413. The lowest BCUT2D eigenvalue weighted by Gasteiger charge is -2.15. The maximum atomic E-state index is 4.74. The van der Waals surface area contributed by atoms with Crippen LogP contribution in [0.4, 0.5) is 5.95 Å². The second-order valence-electron chi connectivity index (χ2n) is 6.08. The molecular weight excluding hydrogens is 288 g/mol. The topological polar surface area (TPSA) is 58.9 Å². The fourth-order valence-corrected chi connectivity index (χ4v) is 3.11. The van der Waals surface area contributed by atoms with Crippen molar-refractivity contribution >= 4 is 17.1 Å². The molecule has 3 aromatic rings. The van der Waals surface area contributed by atoms with Crippen molar-refractivity contribution in [3.63, 3.8) is 0 Å². The third-order valence-corrected chi connectivity index (χ3v) is 4.27. The van der Waals surface area contributed by atoms with Gasteiger partial charge in [0.05, 0.1) is 12.2 Å². The Bertz CT molecular complexity index is 797. The Kier molecular flexibility index (Phi) is 3.67. The molecule has 1 atom stereocenters. The van der Waals surface area contributed by atoms with Gasteiger partial charge in [0.2, 0.25) is 5.95 Å². The van der Waals surface area contributed by atoms with Crippen molar-refractivity contribution in [2.45, 2.75) is 19.0 Å².